The van der Waals surface area contributed by atoms with E-state index < -0.39 is 0 Å². The van der Waals surface area contributed by atoms with Crippen LogP contribution in [0.4, 0.5) is 0 Å². The van der Waals surface area contributed by atoms with Crippen molar-refractivity contribution in [2.75, 3.05) is 19.6 Å². The van der Waals surface area contributed by atoms with Crippen LogP contribution < -0.4 is 5.73 Å². The van der Waals surface area contributed by atoms with Gasteiger partial charge in [-0.25, -0.2) is 0 Å². The van der Waals surface area contributed by atoms with E-state index in [9.17, 15) is 4.79 Å². The first kappa shape index (κ1) is 11.7. The second-order valence-electron chi connectivity index (χ2n) is 3.75. The SMILES string of the molecule is C=CC1=C(/C=C(\C)C(N)=O)CN(CC)C1. The van der Waals surface area contributed by atoms with Gasteiger partial charge in [0.05, 0.1) is 0 Å². The first-order valence-electron chi connectivity index (χ1n) is 5.13. The largest absolute Gasteiger partial charge is 0.366 e. The van der Waals surface area contributed by atoms with Crippen molar-refractivity contribution in [3.63, 3.8) is 0 Å². The Bertz CT molecular complexity index is 340. The van der Waals surface area contributed by atoms with Gasteiger partial charge in [0.1, 0.15) is 0 Å². The zero-order valence-corrected chi connectivity index (χ0v) is 9.42. The third-order valence-electron chi connectivity index (χ3n) is 2.67. The molecule has 15 heavy (non-hydrogen) atoms. The maximum atomic E-state index is 10.9. The number of carbonyl (C=O) groups excluding carboxylic acids is 1. The van der Waals surface area contributed by atoms with E-state index >= 15 is 0 Å². The van der Waals surface area contributed by atoms with E-state index in [0.29, 0.717) is 5.57 Å². The third kappa shape index (κ3) is 2.80. The minimum Gasteiger partial charge on any atom is -0.366 e. The Balaban J connectivity index is 2.88. The molecule has 1 rings (SSSR count). The average Bonchev–Trinajstić information content (AvgIpc) is 2.60. The number of primary amides is 1. The summed E-state index contributed by atoms with van der Waals surface area (Å²) in [6, 6.07) is 0. The molecule has 1 heterocycles. The van der Waals surface area contributed by atoms with Gasteiger partial charge in [-0.05, 0) is 30.7 Å². The average molecular weight is 206 g/mol. The van der Waals surface area contributed by atoms with Crippen molar-refractivity contribution in [2.45, 2.75) is 13.8 Å². The number of hydrogen-bond donors (Lipinski definition) is 1. The molecule has 0 saturated heterocycles. The van der Waals surface area contributed by atoms with E-state index in [1.165, 1.54) is 5.57 Å². The maximum Gasteiger partial charge on any atom is 0.244 e. The summed E-state index contributed by atoms with van der Waals surface area (Å²) in [6.45, 7) is 10.4. The van der Waals surface area contributed by atoms with Crippen LogP contribution in [0.2, 0.25) is 0 Å². The van der Waals surface area contributed by atoms with Gasteiger partial charge in [-0.3, -0.25) is 9.69 Å². The molecule has 0 aromatic carbocycles. The van der Waals surface area contributed by atoms with Crippen LogP contribution in [0.25, 0.3) is 0 Å². The van der Waals surface area contributed by atoms with Crippen LogP contribution in [0.5, 0.6) is 0 Å². The van der Waals surface area contributed by atoms with E-state index in [4.69, 9.17) is 5.73 Å². The summed E-state index contributed by atoms with van der Waals surface area (Å²) in [5.41, 5.74) is 8.15. The van der Waals surface area contributed by atoms with Gasteiger partial charge in [-0.1, -0.05) is 19.6 Å². The van der Waals surface area contributed by atoms with Gasteiger partial charge in [0.2, 0.25) is 5.91 Å². The second-order valence-corrected chi connectivity index (χ2v) is 3.75. The molecule has 82 valence electrons. The lowest BCUT2D eigenvalue weighted by molar-refractivity contribution is -0.114. The summed E-state index contributed by atoms with van der Waals surface area (Å²) in [7, 11) is 0. The Labute approximate surface area is 90.9 Å². The summed E-state index contributed by atoms with van der Waals surface area (Å²) in [5.74, 6) is -0.360. The van der Waals surface area contributed by atoms with E-state index in [1.807, 2.05) is 12.2 Å². The minimum atomic E-state index is -0.360. The number of rotatable bonds is 4. The fraction of sp³-hybridized carbons (Fsp3) is 0.417. The Kier molecular flexibility index (Phi) is 3.86. The molecule has 1 aliphatic heterocycles. The molecule has 3 nitrogen and oxygen atoms in total. The van der Waals surface area contributed by atoms with Crippen LogP contribution >= 0.6 is 0 Å². The molecule has 0 fully saturated rings. The first-order valence-corrected chi connectivity index (χ1v) is 5.13. The summed E-state index contributed by atoms with van der Waals surface area (Å²) in [4.78, 5) is 13.2. The molecular formula is C12H18N2O. The van der Waals surface area contributed by atoms with Crippen molar-refractivity contribution in [1.82, 2.24) is 4.90 Å². The van der Waals surface area contributed by atoms with Crippen LogP contribution in [-0.4, -0.2) is 30.4 Å². The summed E-state index contributed by atoms with van der Waals surface area (Å²) in [6.07, 6.45) is 3.73. The Morgan fingerprint density at radius 3 is 2.60 bits per heavy atom. The molecule has 0 unspecified atom stereocenters. The Morgan fingerprint density at radius 2 is 2.13 bits per heavy atom. The lowest BCUT2D eigenvalue weighted by Crippen LogP contribution is -2.20. The van der Waals surface area contributed by atoms with Crippen molar-refractivity contribution in [1.29, 1.82) is 0 Å². The Morgan fingerprint density at radius 1 is 1.53 bits per heavy atom. The molecule has 0 radical (unpaired) electrons. The molecule has 2 N–H and O–H groups in total. The standard InChI is InChI=1S/C12H18N2O/c1-4-10-7-14(5-2)8-11(10)6-9(3)12(13)15/h4,6H,1,5,7-8H2,2-3H3,(H2,13,15)/b9-6+. The monoisotopic (exact) mass is 206 g/mol. The van der Waals surface area contributed by atoms with Gasteiger partial charge >= 0.3 is 0 Å². The van der Waals surface area contributed by atoms with Gasteiger partial charge < -0.3 is 5.73 Å². The minimum absolute atomic E-state index is 0.360. The quantitative estimate of drug-likeness (QED) is 0.703. The first-order chi connectivity index (χ1) is 7.08. The highest BCUT2D eigenvalue weighted by Gasteiger charge is 2.17. The second kappa shape index (κ2) is 4.94. The molecule has 0 saturated carbocycles. The maximum absolute atomic E-state index is 10.9. The molecule has 1 aliphatic rings. The molecule has 0 spiro atoms. The van der Waals surface area contributed by atoms with E-state index in [-0.39, 0.29) is 5.91 Å². The Hall–Kier alpha value is -1.35. The van der Waals surface area contributed by atoms with Gasteiger partial charge in [0, 0.05) is 18.7 Å². The molecule has 0 atom stereocenters. The van der Waals surface area contributed by atoms with Gasteiger partial charge in [0.15, 0.2) is 0 Å². The zero-order chi connectivity index (χ0) is 11.4. The summed E-state index contributed by atoms with van der Waals surface area (Å²) < 4.78 is 0. The lowest BCUT2D eigenvalue weighted by Gasteiger charge is -2.11. The number of likely N-dealkylation sites (N-methyl/N-ethyl adjacent to an activating group) is 1. The molecular weight excluding hydrogens is 188 g/mol. The van der Waals surface area contributed by atoms with Crippen LogP contribution in [0.1, 0.15) is 13.8 Å². The molecule has 0 aromatic rings. The molecule has 0 bridgehead atoms. The van der Waals surface area contributed by atoms with E-state index in [2.05, 4.69) is 18.4 Å². The van der Waals surface area contributed by atoms with E-state index in [1.54, 1.807) is 6.92 Å². The highest BCUT2D eigenvalue weighted by Crippen LogP contribution is 2.20. The lowest BCUT2D eigenvalue weighted by atomic mass is 10.1. The summed E-state index contributed by atoms with van der Waals surface area (Å²) in [5, 5.41) is 0. The van der Waals surface area contributed by atoms with Gasteiger partial charge in [0.25, 0.3) is 0 Å². The van der Waals surface area contributed by atoms with Crippen molar-refractivity contribution in [2.24, 2.45) is 5.73 Å². The fourth-order valence-electron chi connectivity index (χ4n) is 1.63. The van der Waals surface area contributed by atoms with Crippen LogP contribution in [0.15, 0.2) is 35.5 Å². The van der Waals surface area contributed by atoms with Gasteiger partial charge in [-0.2, -0.15) is 0 Å². The van der Waals surface area contributed by atoms with Crippen LogP contribution in [0.3, 0.4) is 0 Å². The molecule has 3 heteroatoms. The van der Waals surface area contributed by atoms with Crippen molar-refractivity contribution >= 4 is 5.91 Å². The van der Waals surface area contributed by atoms with E-state index in [0.717, 1.165) is 25.2 Å². The molecule has 0 aromatic heterocycles. The number of amides is 1. The topological polar surface area (TPSA) is 46.3 Å². The highest BCUT2D eigenvalue weighted by atomic mass is 16.1. The zero-order valence-electron chi connectivity index (χ0n) is 9.42. The van der Waals surface area contributed by atoms with Crippen molar-refractivity contribution in [3.05, 3.63) is 35.5 Å². The highest BCUT2D eigenvalue weighted by molar-refractivity contribution is 5.91. The molecule has 0 aliphatic carbocycles. The number of hydrogen-bond acceptors (Lipinski definition) is 2. The number of carbonyl (C=O) groups is 1. The predicted octanol–water partition coefficient (Wildman–Crippen LogP) is 1.24. The third-order valence-corrected chi connectivity index (χ3v) is 2.67. The van der Waals surface area contributed by atoms with Crippen LogP contribution in [0, 0.1) is 0 Å². The smallest absolute Gasteiger partial charge is 0.244 e. The molecule has 1 amide bonds. The van der Waals surface area contributed by atoms with Crippen molar-refractivity contribution in [3.8, 4) is 0 Å². The summed E-state index contributed by atoms with van der Waals surface area (Å²) >= 11 is 0. The number of nitrogens with zero attached hydrogens (tertiary/aromatic N) is 1. The normalized spacial score (nSPS) is 18.4. The van der Waals surface area contributed by atoms with Gasteiger partial charge in [-0.15, -0.1) is 0 Å². The number of nitrogens with two attached hydrogens (primary N) is 1. The van der Waals surface area contributed by atoms with Crippen LogP contribution in [-0.2, 0) is 4.79 Å². The van der Waals surface area contributed by atoms with Crippen molar-refractivity contribution < 1.29 is 4.79 Å². The predicted molar refractivity (Wildman–Crippen MR) is 62.3 cm³/mol. The fourth-order valence-corrected chi connectivity index (χ4v) is 1.63.